The minimum absolute atomic E-state index is 0.188. The third-order valence-electron chi connectivity index (χ3n) is 3.96. The summed E-state index contributed by atoms with van der Waals surface area (Å²) < 4.78 is 10.5. The topological polar surface area (TPSA) is 59.9 Å². The molecule has 0 atom stereocenters. The van der Waals surface area contributed by atoms with E-state index in [2.05, 4.69) is 10.3 Å². The van der Waals surface area contributed by atoms with Gasteiger partial charge in [0, 0.05) is 12.0 Å². The van der Waals surface area contributed by atoms with Crippen molar-refractivity contribution in [3.8, 4) is 11.5 Å². The number of carbonyl (C=O) groups excluding carboxylic acids is 1. The lowest BCUT2D eigenvalue weighted by molar-refractivity contribution is -0.115. The van der Waals surface area contributed by atoms with E-state index in [1.807, 2.05) is 48.5 Å². The number of amides is 1. The number of rotatable bonds is 6. The van der Waals surface area contributed by atoms with Crippen LogP contribution in [0, 0.1) is 0 Å². The SMILES string of the molecule is COc1cccc(CCC2=N/C(=C\c3ccccc3OC)C(=O)N2)c1. The molecule has 1 aliphatic heterocycles. The van der Waals surface area contributed by atoms with E-state index in [0.29, 0.717) is 23.7 Å². The van der Waals surface area contributed by atoms with Crippen LogP contribution in [0.25, 0.3) is 6.08 Å². The quantitative estimate of drug-likeness (QED) is 0.824. The van der Waals surface area contributed by atoms with Crippen LogP contribution in [-0.4, -0.2) is 26.0 Å². The zero-order chi connectivity index (χ0) is 17.6. The Balaban J connectivity index is 1.72. The van der Waals surface area contributed by atoms with Crippen LogP contribution in [-0.2, 0) is 11.2 Å². The van der Waals surface area contributed by atoms with Gasteiger partial charge in [0.25, 0.3) is 5.91 Å². The lowest BCUT2D eigenvalue weighted by Gasteiger charge is -2.04. The van der Waals surface area contributed by atoms with Crippen molar-refractivity contribution in [3.63, 3.8) is 0 Å². The average Bonchev–Trinajstić information content (AvgIpc) is 3.00. The highest BCUT2D eigenvalue weighted by Gasteiger charge is 2.20. The summed E-state index contributed by atoms with van der Waals surface area (Å²) in [7, 11) is 3.25. The molecule has 2 aromatic carbocycles. The van der Waals surface area contributed by atoms with Gasteiger partial charge in [-0.2, -0.15) is 0 Å². The second-order valence-corrected chi connectivity index (χ2v) is 5.64. The molecule has 0 aliphatic carbocycles. The molecule has 1 heterocycles. The van der Waals surface area contributed by atoms with Gasteiger partial charge in [-0.15, -0.1) is 0 Å². The van der Waals surface area contributed by atoms with Crippen molar-refractivity contribution in [1.82, 2.24) is 5.32 Å². The number of para-hydroxylation sites is 1. The van der Waals surface area contributed by atoms with E-state index in [1.165, 1.54) is 0 Å². The van der Waals surface area contributed by atoms with E-state index < -0.39 is 0 Å². The van der Waals surface area contributed by atoms with E-state index in [4.69, 9.17) is 9.47 Å². The molecule has 0 bridgehead atoms. The molecular formula is C20H20N2O3. The highest BCUT2D eigenvalue weighted by Crippen LogP contribution is 2.22. The third-order valence-corrected chi connectivity index (χ3v) is 3.96. The van der Waals surface area contributed by atoms with Gasteiger partial charge in [0.15, 0.2) is 0 Å². The van der Waals surface area contributed by atoms with Gasteiger partial charge in [-0.3, -0.25) is 4.79 Å². The number of nitrogens with zero attached hydrogens (tertiary/aromatic N) is 1. The number of methoxy groups -OCH3 is 2. The van der Waals surface area contributed by atoms with E-state index in [1.54, 1.807) is 20.3 Å². The van der Waals surface area contributed by atoms with Crippen LogP contribution in [0.4, 0.5) is 0 Å². The maximum atomic E-state index is 12.1. The van der Waals surface area contributed by atoms with Crippen LogP contribution in [0.1, 0.15) is 17.5 Å². The average molecular weight is 336 g/mol. The van der Waals surface area contributed by atoms with Crippen LogP contribution < -0.4 is 14.8 Å². The van der Waals surface area contributed by atoms with Gasteiger partial charge in [-0.25, -0.2) is 4.99 Å². The molecule has 0 saturated heterocycles. The molecule has 1 aliphatic rings. The van der Waals surface area contributed by atoms with Crippen molar-refractivity contribution >= 4 is 17.8 Å². The minimum Gasteiger partial charge on any atom is -0.497 e. The third kappa shape index (κ3) is 4.07. The summed E-state index contributed by atoms with van der Waals surface area (Å²) in [6, 6.07) is 15.4. The number of hydrogen-bond acceptors (Lipinski definition) is 4. The van der Waals surface area contributed by atoms with Crippen LogP contribution >= 0.6 is 0 Å². The molecule has 1 amide bonds. The molecule has 5 nitrogen and oxygen atoms in total. The predicted octanol–water partition coefficient (Wildman–Crippen LogP) is 3.21. The van der Waals surface area contributed by atoms with Crippen LogP contribution in [0.3, 0.4) is 0 Å². The smallest absolute Gasteiger partial charge is 0.275 e. The number of aryl methyl sites for hydroxylation is 1. The Morgan fingerprint density at radius 2 is 1.88 bits per heavy atom. The summed E-state index contributed by atoms with van der Waals surface area (Å²) in [5, 5.41) is 2.83. The second kappa shape index (κ2) is 7.66. The zero-order valence-electron chi connectivity index (χ0n) is 14.3. The normalized spacial score (nSPS) is 15.0. The maximum absolute atomic E-state index is 12.1. The predicted molar refractivity (Wildman–Crippen MR) is 97.9 cm³/mol. The summed E-state index contributed by atoms with van der Waals surface area (Å²) in [4.78, 5) is 16.6. The van der Waals surface area contributed by atoms with E-state index in [9.17, 15) is 4.79 Å². The van der Waals surface area contributed by atoms with Crippen LogP contribution in [0.5, 0.6) is 11.5 Å². The van der Waals surface area contributed by atoms with Crippen molar-refractivity contribution in [2.24, 2.45) is 4.99 Å². The lowest BCUT2D eigenvalue weighted by atomic mass is 10.1. The van der Waals surface area contributed by atoms with Crippen LogP contribution in [0.15, 0.2) is 59.2 Å². The number of benzene rings is 2. The number of aliphatic imine (C=N–C) groups is 1. The van der Waals surface area contributed by atoms with Gasteiger partial charge in [0.05, 0.1) is 14.2 Å². The molecule has 3 rings (SSSR count). The molecule has 128 valence electrons. The number of amidine groups is 1. The molecule has 0 radical (unpaired) electrons. The molecule has 0 aromatic heterocycles. The maximum Gasteiger partial charge on any atom is 0.275 e. The fourth-order valence-electron chi connectivity index (χ4n) is 2.66. The van der Waals surface area contributed by atoms with E-state index >= 15 is 0 Å². The molecular weight excluding hydrogens is 316 g/mol. The minimum atomic E-state index is -0.188. The largest absolute Gasteiger partial charge is 0.497 e. The lowest BCUT2D eigenvalue weighted by Crippen LogP contribution is -2.24. The molecule has 0 saturated carbocycles. The summed E-state index contributed by atoms with van der Waals surface area (Å²) in [5.41, 5.74) is 2.36. The van der Waals surface area contributed by atoms with Crippen molar-refractivity contribution in [1.29, 1.82) is 0 Å². The Morgan fingerprint density at radius 3 is 2.68 bits per heavy atom. The zero-order valence-corrected chi connectivity index (χ0v) is 14.3. The Kier molecular flexibility index (Phi) is 5.14. The van der Waals surface area contributed by atoms with E-state index in [-0.39, 0.29) is 5.91 Å². The van der Waals surface area contributed by atoms with Crippen molar-refractivity contribution in [3.05, 3.63) is 65.4 Å². The first-order valence-corrected chi connectivity index (χ1v) is 8.06. The van der Waals surface area contributed by atoms with Crippen molar-refractivity contribution in [2.45, 2.75) is 12.8 Å². The second-order valence-electron chi connectivity index (χ2n) is 5.64. The number of hydrogen-bond donors (Lipinski definition) is 1. The Morgan fingerprint density at radius 1 is 1.04 bits per heavy atom. The fourth-order valence-corrected chi connectivity index (χ4v) is 2.66. The first-order chi connectivity index (χ1) is 12.2. The molecule has 0 spiro atoms. The van der Waals surface area contributed by atoms with E-state index in [0.717, 1.165) is 23.3 Å². The molecule has 25 heavy (non-hydrogen) atoms. The van der Waals surface area contributed by atoms with Crippen molar-refractivity contribution < 1.29 is 14.3 Å². The summed E-state index contributed by atoms with van der Waals surface area (Å²) >= 11 is 0. The van der Waals surface area contributed by atoms with Gasteiger partial charge in [-0.05, 0) is 36.3 Å². The van der Waals surface area contributed by atoms with Gasteiger partial charge in [0.1, 0.15) is 23.0 Å². The monoisotopic (exact) mass is 336 g/mol. The van der Waals surface area contributed by atoms with Crippen LogP contribution in [0.2, 0.25) is 0 Å². The summed E-state index contributed by atoms with van der Waals surface area (Å²) in [6.45, 7) is 0. The Labute approximate surface area is 147 Å². The molecule has 0 unspecified atom stereocenters. The number of carbonyl (C=O) groups is 1. The molecule has 5 heteroatoms. The first-order valence-electron chi connectivity index (χ1n) is 8.06. The first kappa shape index (κ1) is 16.8. The number of nitrogens with one attached hydrogen (secondary N) is 1. The molecule has 2 aromatic rings. The highest BCUT2D eigenvalue weighted by molar-refractivity contribution is 6.14. The Hall–Kier alpha value is -3.08. The Bertz CT molecular complexity index is 840. The van der Waals surface area contributed by atoms with Gasteiger partial charge in [-0.1, -0.05) is 30.3 Å². The van der Waals surface area contributed by atoms with Gasteiger partial charge >= 0.3 is 0 Å². The van der Waals surface area contributed by atoms with Crippen molar-refractivity contribution in [2.75, 3.05) is 14.2 Å². The summed E-state index contributed by atoms with van der Waals surface area (Å²) in [6.07, 6.45) is 3.17. The highest BCUT2D eigenvalue weighted by atomic mass is 16.5. The standard InChI is InChI=1S/C20H20N2O3/c1-24-16-8-5-6-14(12-16)10-11-19-21-17(20(23)22-19)13-15-7-3-4-9-18(15)25-2/h3-9,12-13H,10-11H2,1-2H3,(H,21,22,23)/b17-13-. The fraction of sp³-hybridized carbons (Fsp3) is 0.200. The summed E-state index contributed by atoms with van der Waals surface area (Å²) in [5.74, 6) is 2.02. The van der Waals surface area contributed by atoms with Gasteiger partial charge in [0.2, 0.25) is 0 Å². The number of ether oxygens (including phenoxy) is 2. The van der Waals surface area contributed by atoms with Gasteiger partial charge < -0.3 is 14.8 Å². The molecule has 1 N–H and O–H groups in total. The molecule has 0 fully saturated rings.